The Bertz CT molecular complexity index is 604. The highest BCUT2D eigenvalue weighted by Gasteiger charge is 2.52. The van der Waals surface area contributed by atoms with Crippen LogP contribution in [-0.4, -0.2) is 40.5 Å². The van der Waals surface area contributed by atoms with E-state index >= 15 is 0 Å². The normalized spacial score (nSPS) is 37.0. The zero-order valence-electron chi connectivity index (χ0n) is 15.0. The number of piperidine rings is 1. The maximum Gasteiger partial charge on any atom is 0.496 e. The highest BCUT2D eigenvalue weighted by atomic mass is 16.7. The van der Waals surface area contributed by atoms with Crippen molar-refractivity contribution in [2.45, 2.75) is 82.3 Å². The van der Waals surface area contributed by atoms with Crippen LogP contribution in [0, 0.1) is 0 Å². The number of aliphatic hydroxyl groups is 1. The summed E-state index contributed by atoms with van der Waals surface area (Å²) in [4.78, 5) is 4.57. The molecule has 0 spiro atoms. The van der Waals surface area contributed by atoms with E-state index in [4.69, 9.17) is 9.31 Å². The summed E-state index contributed by atoms with van der Waals surface area (Å²) in [6.45, 7) is 8.18. The van der Waals surface area contributed by atoms with Gasteiger partial charge in [0.1, 0.15) is 5.60 Å². The third-order valence-corrected chi connectivity index (χ3v) is 6.29. The second kappa shape index (κ2) is 5.27. The van der Waals surface area contributed by atoms with E-state index in [1.165, 1.54) is 0 Å². The Kier molecular flexibility index (Phi) is 3.63. The van der Waals surface area contributed by atoms with Crippen LogP contribution in [0.3, 0.4) is 0 Å². The molecule has 3 aliphatic rings. The van der Waals surface area contributed by atoms with Gasteiger partial charge in [-0.25, -0.2) is 0 Å². The van der Waals surface area contributed by atoms with E-state index in [2.05, 4.69) is 10.3 Å². The molecule has 2 atom stereocenters. The van der Waals surface area contributed by atoms with Crippen molar-refractivity contribution in [2.24, 2.45) is 0 Å². The molecular weight excluding hydrogens is 303 g/mol. The summed E-state index contributed by atoms with van der Waals surface area (Å²) in [5.74, 6) is 0. The van der Waals surface area contributed by atoms with E-state index in [0.717, 1.165) is 36.8 Å². The van der Waals surface area contributed by atoms with Crippen LogP contribution >= 0.6 is 0 Å². The number of nitrogens with one attached hydrogen (secondary N) is 1. The van der Waals surface area contributed by atoms with Crippen LogP contribution in [0.4, 0.5) is 0 Å². The van der Waals surface area contributed by atoms with Crippen molar-refractivity contribution in [1.29, 1.82) is 0 Å². The molecule has 24 heavy (non-hydrogen) atoms. The molecule has 4 heterocycles. The topological polar surface area (TPSA) is 63.6 Å². The Morgan fingerprint density at radius 3 is 2.17 bits per heavy atom. The lowest BCUT2D eigenvalue weighted by molar-refractivity contribution is -0.0152. The zero-order valence-corrected chi connectivity index (χ0v) is 15.0. The maximum atomic E-state index is 11.1. The number of nitrogens with zero attached hydrogens (tertiary/aromatic N) is 1. The zero-order chi connectivity index (χ0) is 17.2. The molecule has 6 heteroatoms. The Morgan fingerprint density at radius 1 is 1.08 bits per heavy atom. The first-order valence-corrected chi connectivity index (χ1v) is 8.99. The van der Waals surface area contributed by atoms with Gasteiger partial charge in [0, 0.05) is 23.7 Å². The fourth-order valence-corrected chi connectivity index (χ4v) is 4.13. The summed E-state index contributed by atoms with van der Waals surface area (Å²) in [7, 11) is -0.407. The van der Waals surface area contributed by atoms with E-state index < -0.39 is 12.7 Å². The molecule has 3 fully saturated rings. The fraction of sp³-hybridized carbons (Fsp3) is 0.722. The van der Waals surface area contributed by atoms with Gasteiger partial charge in [-0.05, 0) is 59.4 Å². The van der Waals surface area contributed by atoms with Gasteiger partial charge in [0.15, 0.2) is 0 Å². The van der Waals surface area contributed by atoms with Gasteiger partial charge in [-0.2, -0.15) is 0 Å². The first kappa shape index (κ1) is 16.5. The van der Waals surface area contributed by atoms with Gasteiger partial charge in [-0.15, -0.1) is 0 Å². The van der Waals surface area contributed by atoms with Crippen molar-refractivity contribution in [1.82, 2.24) is 10.3 Å². The lowest BCUT2D eigenvalue weighted by Crippen LogP contribution is -2.47. The number of hydrogen-bond donors (Lipinski definition) is 2. The van der Waals surface area contributed by atoms with Crippen molar-refractivity contribution in [3.63, 3.8) is 0 Å². The van der Waals surface area contributed by atoms with Crippen molar-refractivity contribution < 1.29 is 14.4 Å². The summed E-state index contributed by atoms with van der Waals surface area (Å²) < 4.78 is 12.1. The van der Waals surface area contributed by atoms with Crippen molar-refractivity contribution in [3.8, 4) is 0 Å². The van der Waals surface area contributed by atoms with Crippen molar-refractivity contribution in [2.75, 3.05) is 0 Å². The number of hydrogen-bond acceptors (Lipinski definition) is 5. The van der Waals surface area contributed by atoms with E-state index in [1.807, 2.05) is 39.8 Å². The van der Waals surface area contributed by atoms with E-state index in [1.54, 1.807) is 6.20 Å². The number of pyridine rings is 1. The molecule has 2 unspecified atom stereocenters. The molecule has 3 saturated heterocycles. The third kappa shape index (κ3) is 2.60. The first-order chi connectivity index (χ1) is 11.2. The Morgan fingerprint density at radius 2 is 1.67 bits per heavy atom. The molecule has 0 aliphatic carbocycles. The van der Waals surface area contributed by atoms with Crippen LogP contribution in [0.2, 0.25) is 0 Å². The van der Waals surface area contributed by atoms with Gasteiger partial charge in [0.25, 0.3) is 0 Å². The Hall–Kier alpha value is -0.945. The van der Waals surface area contributed by atoms with Crippen LogP contribution < -0.4 is 10.8 Å². The van der Waals surface area contributed by atoms with Gasteiger partial charge >= 0.3 is 7.12 Å². The summed E-state index contributed by atoms with van der Waals surface area (Å²) in [5, 5.41) is 14.6. The maximum absolute atomic E-state index is 11.1. The minimum absolute atomic E-state index is 0.358. The van der Waals surface area contributed by atoms with Gasteiger partial charge in [0.2, 0.25) is 0 Å². The van der Waals surface area contributed by atoms with E-state index in [-0.39, 0.29) is 11.2 Å². The smallest absolute Gasteiger partial charge is 0.399 e. The second-order valence-corrected chi connectivity index (χ2v) is 8.64. The molecule has 1 aromatic rings. The van der Waals surface area contributed by atoms with Gasteiger partial charge in [-0.1, -0.05) is 6.07 Å². The highest BCUT2D eigenvalue weighted by molar-refractivity contribution is 6.62. The largest absolute Gasteiger partial charge is 0.496 e. The average molecular weight is 330 g/mol. The molecular formula is C18H27BN2O3. The molecule has 3 aliphatic heterocycles. The predicted octanol–water partition coefficient (Wildman–Crippen LogP) is 1.48. The van der Waals surface area contributed by atoms with Crippen LogP contribution in [0.15, 0.2) is 18.3 Å². The van der Waals surface area contributed by atoms with Crippen LogP contribution in [0.25, 0.3) is 0 Å². The molecule has 0 aromatic carbocycles. The summed E-state index contributed by atoms with van der Waals surface area (Å²) in [6.07, 6.45) is 5.58. The van der Waals surface area contributed by atoms with Gasteiger partial charge < -0.3 is 19.7 Å². The fourth-order valence-electron chi connectivity index (χ4n) is 4.13. The van der Waals surface area contributed by atoms with E-state index in [0.29, 0.717) is 12.1 Å². The lowest BCUT2D eigenvalue weighted by Gasteiger charge is -2.36. The second-order valence-electron chi connectivity index (χ2n) is 8.64. The molecule has 0 saturated carbocycles. The molecule has 130 valence electrons. The monoisotopic (exact) mass is 330 g/mol. The molecule has 2 bridgehead atoms. The average Bonchev–Trinajstić information content (AvgIpc) is 2.95. The van der Waals surface area contributed by atoms with Gasteiger partial charge in [0.05, 0.1) is 16.9 Å². The quantitative estimate of drug-likeness (QED) is 0.805. The number of fused-ring (bicyclic) bond motifs is 2. The summed E-state index contributed by atoms with van der Waals surface area (Å²) in [6, 6.07) is 4.74. The predicted molar refractivity (Wildman–Crippen MR) is 93.0 cm³/mol. The minimum atomic E-state index is -0.814. The molecule has 5 nitrogen and oxygen atoms in total. The molecule has 4 rings (SSSR count). The lowest BCUT2D eigenvalue weighted by atomic mass is 9.79. The standard InChI is InChI=1S/C18H27BN2O3/c1-16(2)17(3,4)24-19(23-16)12-5-8-15(20-11-12)18(22)9-13-6-7-14(10-18)21-13/h5,8,11,13-14,21-22H,6-7,9-10H2,1-4H3. The minimum Gasteiger partial charge on any atom is -0.399 e. The van der Waals surface area contributed by atoms with Crippen LogP contribution in [0.5, 0.6) is 0 Å². The van der Waals surface area contributed by atoms with E-state index in [9.17, 15) is 5.11 Å². The SMILES string of the molecule is CC1(C)OB(c2ccc(C3(O)CC4CCC(C3)N4)nc2)OC1(C)C. The summed E-state index contributed by atoms with van der Waals surface area (Å²) in [5.41, 5.74) is 0.135. The molecule has 0 amide bonds. The third-order valence-electron chi connectivity index (χ3n) is 6.29. The number of aromatic nitrogens is 1. The Labute approximate surface area is 144 Å². The van der Waals surface area contributed by atoms with Crippen molar-refractivity contribution >= 4 is 12.6 Å². The van der Waals surface area contributed by atoms with Gasteiger partial charge in [-0.3, -0.25) is 4.98 Å². The molecule has 2 N–H and O–H groups in total. The molecule has 0 radical (unpaired) electrons. The van der Waals surface area contributed by atoms with Crippen LogP contribution in [0.1, 0.15) is 59.1 Å². The van der Waals surface area contributed by atoms with Crippen LogP contribution in [-0.2, 0) is 14.9 Å². The van der Waals surface area contributed by atoms with Crippen molar-refractivity contribution in [3.05, 3.63) is 24.0 Å². The Balaban J connectivity index is 1.54. The summed E-state index contributed by atoms with van der Waals surface area (Å²) >= 11 is 0. The molecule has 1 aromatic heterocycles. The number of rotatable bonds is 2. The first-order valence-electron chi connectivity index (χ1n) is 8.99. The highest BCUT2D eigenvalue weighted by Crippen LogP contribution is 2.40.